The van der Waals surface area contributed by atoms with E-state index < -0.39 is 6.04 Å². The number of nitrogens with zero attached hydrogens (tertiary/aromatic N) is 1. The van der Waals surface area contributed by atoms with Crippen molar-refractivity contribution in [2.24, 2.45) is 0 Å². The Morgan fingerprint density at radius 3 is 2.62 bits per heavy atom. The van der Waals surface area contributed by atoms with Gasteiger partial charge in [0.05, 0.1) is 23.7 Å². The van der Waals surface area contributed by atoms with E-state index in [0.717, 1.165) is 0 Å². The average Bonchev–Trinajstić information content (AvgIpc) is 2.14. The molecule has 0 spiro atoms. The second kappa shape index (κ2) is 4.55. The Hall–Kier alpha value is -0.650. The van der Waals surface area contributed by atoms with Crippen LogP contribution in [-0.2, 0) is 0 Å². The third kappa shape index (κ3) is 2.18. The van der Waals surface area contributed by atoms with Gasteiger partial charge in [-0.3, -0.25) is 4.79 Å². The number of hydrogen-bond acceptors (Lipinski definition) is 3. The highest BCUT2D eigenvalue weighted by Gasteiger charge is 2.10. The molecule has 0 amide bonds. The first kappa shape index (κ1) is 10.4. The predicted molar refractivity (Wildman–Crippen MR) is 51.6 cm³/mol. The van der Waals surface area contributed by atoms with Crippen LogP contribution in [0.25, 0.3) is 0 Å². The quantitative estimate of drug-likeness (QED) is 0.799. The Balaban J connectivity index is 3.14. The summed E-state index contributed by atoms with van der Waals surface area (Å²) >= 11 is 3.08. The third-order valence-electron chi connectivity index (χ3n) is 1.74. The fourth-order valence-electron chi connectivity index (χ4n) is 1.00. The van der Waals surface area contributed by atoms with E-state index in [1.807, 2.05) is 0 Å². The molecular formula is C8H10BrNO3. The lowest BCUT2D eigenvalue weighted by Crippen LogP contribution is -2.28. The summed E-state index contributed by atoms with van der Waals surface area (Å²) in [5, 5.41) is 17.7. The number of hydrogen-bond donors (Lipinski definition) is 2. The van der Waals surface area contributed by atoms with Crippen molar-refractivity contribution in [3.8, 4) is 0 Å². The molecule has 0 fully saturated rings. The monoisotopic (exact) mass is 247 g/mol. The molecule has 0 radical (unpaired) electrons. The summed E-state index contributed by atoms with van der Waals surface area (Å²) in [4.78, 5) is 11.4. The molecule has 72 valence electrons. The largest absolute Gasteiger partial charge is 0.394 e. The molecule has 1 aromatic rings. The van der Waals surface area contributed by atoms with Crippen LogP contribution in [0, 0.1) is 0 Å². The zero-order valence-corrected chi connectivity index (χ0v) is 8.44. The minimum atomic E-state index is -0.565. The van der Waals surface area contributed by atoms with Gasteiger partial charge in [0.2, 0.25) is 0 Å². The van der Waals surface area contributed by atoms with Crippen LogP contribution in [0.1, 0.15) is 6.04 Å². The molecule has 4 nitrogen and oxygen atoms in total. The lowest BCUT2D eigenvalue weighted by Gasteiger charge is -2.14. The number of aromatic nitrogens is 1. The van der Waals surface area contributed by atoms with Crippen LogP contribution < -0.4 is 5.56 Å². The van der Waals surface area contributed by atoms with E-state index >= 15 is 0 Å². The van der Waals surface area contributed by atoms with Gasteiger partial charge >= 0.3 is 0 Å². The Kier molecular flexibility index (Phi) is 3.65. The van der Waals surface area contributed by atoms with Gasteiger partial charge in [-0.2, -0.15) is 0 Å². The molecule has 13 heavy (non-hydrogen) atoms. The van der Waals surface area contributed by atoms with Crippen molar-refractivity contribution in [3.05, 3.63) is 33.2 Å². The van der Waals surface area contributed by atoms with Crippen LogP contribution >= 0.6 is 15.9 Å². The Morgan fingerprint density at radius 2 is 2.08 bits per heavy atom. The summed E-state index contributed by atoms with van der Waals surface area (Å²) in [6, 6.07) is 2.72. The molecule has 0 atom stereocenters. The van der Waals surface area contributed by atoms with Gasteiger partial charge in [0.1, 0.15) is 0 Å². The summed E-state index contributed by atoms with van der Waals surface area (Å²) in [6.45, 7) is -0.514. The van der Waals surface area contributed by atoms with Crippen molar-refractivity contribution < 1.29 is 10.2 Å². The molecule has 0 saturated carbocycles. The molecule has 0 aliphatic heterocycles. The van der Waals surface area contributed by atoms with Gasteiger partial charge in [-0.05, 0) is 28.1 Å². The van der Waals surface area contributed by atoms with E-state index in [1.54, 1.807) is 12.1 Å². The van der Waals surface area contributed by atoms with Crippen molar-refractivity contribution in [1.82, 2.24) is 4.57 Å². The standard InChI is InChI=1S/C8H10BrNO3/c9-7-2-1-3-10(8(7)13)6(4-11)5-12/h1-3,6,11-12H,4-5H2. The van der Waals surface area contributed by atoms with Gasteiger partial charge < -0.3 is 14.8 Å². The first-order valence-electron chi connectivity index (χ1n) is 3.79. The Morgan fingerprint density at radius 1 is 1.46 bits per heavy atom. The van der Waals surface area contributed by atoms with E-state index in [-0.39, 0.29) is 18.8 Å². The van der Waals surface area contributed by atoms with E-state index in [1.165, 1.54) is 10.8 Å². The highest BCUT2D eigenvalue weighted by atomic mass is 79.9. The van der Waals surface area contributed by atoms with E-state index in [0.29, 0.717) is 4.47 Å². The second-order valence-electron chi connectivity index (χ2n) is 2.59. The van der Waals surface area contributed by atoms with Crippen LogP contribution in [-0.4, -0.2) is 28.0 Å². The Bertz CT molecular complexity index is 332. The summed E-state index contributed by atoms with van der Waals surface area (Å²) in [5.74, 6) is 0. The molecule has 5 heteroatoms. The normalized spacial score (nSPS) is 10.8. The summed E-state index contributed by atoms with van der Waals surface area (Å²) < 4.78 is 1.71. The van der Waals surface area contributed by atoms with Gasteiger partial charge in [-0.15, -0.1) is 0 Å². The first-order chi connectivity index (χ1) is 6.20. The number of aliphatic hydroxyl groups excluding tert-OH is 2. The summed E-state index contributed by atoms with van der Waals surface area (Å²) in [6.07, 6.45) is 1.53. The van der Waals surface area contributed by atoms with Crippen molar-refractivity contribution in [2.75, 3.05) is 13.2 Å². The maximum absolute atomic E-state index is 11.4. The number of rotatable bonds is 3. The third-order valence-corrected chi connectivity index (χ3v) is 2.35. The van der Waals surface area contributed by atoms with Crippen molar-refractivity contribution >= 4 is 15.9 Å². The molecule has 1 heterocycles. The fourth-order valence-corrected chi connectivity index (χ4v) is 1.36. The highest BCUT2D eigenvalue weighted by molar-refractivity contribution is 9.10. The first-order valence-corrected chi connectivity index (χ1v) is 4.58. The summed E-state index contributed by atoms with van der Waals surface area (Å²) in [5.41, 5.74) is -0.254. The molecule has 0 aliphatic rings. The minimum Gasteiger partial charge on any atom is -0.394 e. The van der Waals surface area contributed by atoms with Crippen molar-refractivity contribution in [1.29, 1.82) is 0 Å². The molecule has 0 aliphatic carbocycles. The zero-order chi connectivity index (χ0) is 9.84. The topological polar surface area (TPSA) is 62.5 Å². The number of halogens is 1. The highest BCUT2D eigenvalue weighted by Crippen LogP contribution is 2.05. The Labute approximate surface area is 83.6 Å². The van der Waals surface area contributed by atoms with Crippen LogP contribution in [0.15, 0.2) is 27.6 Å². The van der Waals surface area contributed by atoms with Crippen molar-refractivity contribution in [2.45, 2.75) is 6.04 Å². The fraction of sp³-hybridized carbons (Fsp3) is 0.375. The molecule has 0 aromatic carbocycles. The van der Waals surface area contributed by atoms with E-state index in [2.05, 4.69) is 15.9 Å². The predicted octanol–water partition coefficient (Wildman–Crippen LogP) is 0.136. The number of aliphatic hydroxyl groups is 2. The van der Waals surface area contributed by atoms with E-state index in [4.69, 9.17) is 10.2 Å². The lowest BCUT2D eigenvalue weighted by atomic mass is 10.3. The molecule has 1 rings (SSSR count). The second-order valence-corrected chi connectivity index (χ2v) is 3.44. The maximum atomic E-state index is 11.4. The molecule has 0 saturated heterocycles. The van der Waals surface area contributed by atoms with Gasteiger partial charge in [-0.1, -0.05) is 0 Å². The molecule has 0 bridgehead atoms. The van der Waals surface area contributed by atoms with E-state index in [9.17, 15) is 4.79 Å². The van der Waals surface area contributed by atoms with Gasteiger partial charge in [0.25, 0.3) is 5.56 Å². The molecule has 2 N–H and O–H groups in total. The maximum Gasteiger partial charge on any atom is 0.265 e. The van der Waals surface area contributed by atoms with Crippen LogP contribution in [0.5, 0.6) is 0 Å². The molecular weight excluding hydrogens is 238 g/mol. The minimum absolute atomic E-state index is 0.254. The lowest BCUT2D eigenvalue weighted by molar-refractivity contribution is 0.152. The molecule has 0 unspecified atom stereocenters. The molecule has 1 aromatic heterocycles. The van der Waals surface area contributed by atoms with Crippen LogP contribution in [0.2, 0.25) is 0 Å². The van der Waals surface area contributed by atoms with Crippen LogP contribution in [0.4, 0.5) is 0 Å². The van der Waals surface area contributed by atoms with Gasteiger partial charge in [-0.25, -0.2) is 0 Å². The van der Waals surface area contributed by atoms with Gasteiger partial charge in [0, 0.05) is 6.20 Å². The van der Waals surface area contributed by atoms with Crippen molar-refractivity contribution in [3.63, 3.8) is 0 Å². The SMILES string of the molecule is O=c1c(Br)cccn1C(CO)CO. The summed E-state index contributed by atoms with van der Waals surface area (Å²) in [7, 11) is 0. The number of pyridine rings is 1. The zero-order valence-electron chi connectivity index (χ0n) is 6.85. The van der Waals surface area contributed by atoms with Gasteiger partial charge in [0.15, 0.2) is 0 Å². The average molecular weight is 248 g/mol. The smallest absolute Gasteiger partial charge is 0.265 e. The van der Waals surface area contributed by atoms with Crippen LogP contribution in [0.3, 0.4) is 0 Å².